The van der Waals surface area contributed by atoms with E-state index in [0.717, 1.165) is 0 Å². The van der Waals surface area contributed by atoms with Gasteiger partial charge >= 0.3 is 0 Å². The summed E-state index contributed by atoms with van der Waals surface area (Å²) in [5, 5.41) is 12.4. The third kappa shape index (κ3) is 7.14. The van der Waals surface area contributed by atoms with Crippen molar-refractivity contribution in [1.82, 2.24) is 25.5 Å². The summed E-state index contributed by atoms with van der Waals surface area (Å²) in [4.78, 5) is 50.2. The molecule has 0 spiro atoms. The van der Waals surface area contributed by atoms with Gasteiger partial charge in [-0.1, -0.05) is 32.4 Å². The number of hydrogen-bond donors (Lipinski definition) is 4. The average Bonchev–Trinajstić information content (AvgIpc) is 3.46. The summed E-state index contributed by atoms with van der Waals surface area (Å²) in [7, 11) is 3.13. The number of likely N-dealkylation sites (N-methyl/N-ethyl adjacent to an activating group) is 1. The van der Waals surface area contributed by atoms with Gasteiger partial charge in [-0.2, -0.15) is 0 Å². The predicted octanol–water partition coefficient (Wildman–Crippen LogP) is 4.24. The van der Waals surface area contributed by atoms with Crippen molar-refractivity contribution < 1.29 is 23.5 Å². The monoisotopic (exact) mass is 613 g/mol. The van der Waals surface area contributed by atoms with Gasteiger partial charge in [-0.3, -0.25) is 14.4 Å². The molecule has 1 aliphatic heterocycles. The molecule has 0 radical (unpaired) electrons. The van der Waals surface area contributed by atoms with Gasteiger partial charge in [-0.05, 0) is 56.5 Å². The Labute approximate surface area is 254 Å². The molecule has 3 amide bonds. The summed E-state index contributed by atoms with van der Waals surface area (Å²) in [6, 6.07) is 5.43. The van der Waals surface area contributed by atoms with Crippen molar-refractivity contribution in [3.63, 3.8) is 0 Å². The third-order valence-corrected chi connectivity index (χ3v) is 7.70. The number of methoxy groups -OCH3 is 1. The van der Waals surface area contributed by atoms with E-state index in [-0.39, 0.29) is 22.5 Å². The van der Waals surface area contributed by atoms with Crippen LogP contribution in [0.25, 0.3) is 10.9 Å². The number of nitrogens with zero attached hydrogens (tertiary/aromatic N) is 3. The van der Waals surface area contributed by atoms with Crippen LogP contribution in [0.2, 0.25) is 5.02 Å². The van der Waals surface area contributed by atoms with Crippen LogP contribution in [-0.2, 0) is 14.4 Å². The van der Waals surface area contributed by atoms with E-state index in [9.17, 15) is 18.8 Å². The van der Waals surface area contributed by atoms with Crippen molar-refractivity contribution in [2.45, 2.75) is 58.7 Å². The minimum atomic E-state index is -0.835. The van der Waals surface area contributed by atoms with Gasteiger partial charge in [-0.15, -0.1) is 0 Å². The molecular weight excluding hydrogens is 577 g/mol. The van der Waals surface area contributed by atoms with Crippen LogP contribution in [0.15, 0.2) is 36.7 Å². The summed E-state index contributed by atoms with van der Waals surface area (Å²) in [6.07, 6.45) is 2.42. The first-order chi connectivity index (χ1) is 20.3. The fraction of sp³-hybridized carbons (Fsp3) is 0.433. The zero-order valence-electron chi connectivity index (χ0n) is 25.0. The molecule has 11 nitrogen and oxygen atoms in total. The molecule has 3 unspecified atom stereocenters. The maximum atomic E-state index is 14.5. The van der Waals surface area contributed by atoms with Gasteiger partial charge in [0.25, 0.3) is 0 Å². The number of carbonyl (C=O) groups excluding carboxylic acids is 3. The lowest BCUT2D eigenvalue weighted by atomic mass is 9.85. The summed E-state index contributed by atoms with van der Waals surface area (Å²) in [5.41, 5.74) is 0.393. The highest BCUT2D eigenvalue weighted by molar-refractivity contribution is 6.30. The Morgan fingerprint density at radius 3 is 2.53 bits per heavy atom. The van der Waals surface area contributed by atoms with Crippen LogP contribution in [0.5, 0.6) is 5.75 Å². The number of fused-ring (bicyclic) bond motifs is 1. The van der Waals surface area contributed by atoms with Crippen LogP contribution in [0.4, 0.5) is 21.6 Å². The summed E-state index contributed by atoms with van der Waals surface area (Å²) >= 11 is 5.89. The van der Waals surface area contributed by atoms with E-state index < -0.39 is 35.3 Å². The van der Waals surface area contributed by atoms with Gasteiger partial charge in [0.2, 0.25) is 17.7 Å². The Bertz CT molecular complexity index is 1530. The van der Waals surface area contributed by atoms with E-state index in [4.69, 9.17) is 16.3 Å². The van der Waals surface area contributed by atoms with Crippen LogP contribution >= 0.6 is 11.6 Å². The molecule has 2 aromatic carbocycles. The second-order valence-electron chi connectivity index (χ2n) is 11.5. The molecule has 4 N–H and O–H groups in total. The zero-order valence-corrected chi connectivity index (χ0v) is 25.8. The molecule has 0 aliphatic carbocycles. The van der Waals surface area contributed by atoms with Crippen molar-refractivity contribution in [2.75, 3.05) is 31.3 Å². The van der Waals surface area contributed by atoms with Crippen LogP contribution in [-0.4, -0.2) is 71.4 Å². The molecule has 1 fully saturated rings. The van der Waals surface area contributed by atoms with E-state index in [1.165, 1.54) is 30.5 Å². The van der Waals surface area contributed by atoms with E-state index in [1.54, 1.807) is 32.2 Å². The molecule has 13 heteroatoms. The fourth-order valence-corrected chi connectivity index (χ4v) is 5.06. The van der Waals surface area contributed by atoms with Gasteiger partial charge in [0.05, 0.1) is 30.0 Å². The standard InChI is InChI=1S/C30H37ClFN7O4/c1-16(33-5)27(40)38-25(30(2,3)4)29(42)39-11-7-8-23(39)28(41)37-22-13-18-21(14-24(22)43-6)34-15-35-26(18)36-20-10-9-17(31)12-19(20)32/h9-10,12-16,23,25,33H,7-8,11H2,1-6H3,(H,37,41)(H,38,40)(H,34,35,36). The maximum Gasteiger partial charge on any atom is 0.247 e. The number of amides is 3. The van der Waals surface area contributed by atoms with Gasteiger partial charge in [0.15, 0.2) is 0 Å². The molecule has 4 rings (SSSR count). The van der Waals surface area contributed by atoms with Gasteiger partial charge in [0, 0.05) is 23.0 Å². The Morgan fingerprint density at radius 1 is 1.14 bits per heavy atom. The molecule has 1 aromatic heterocycles. The molecule has 1 saturated heterocycles. The first-order valence-electron chi connectivity index (χ1n) is 14.0. The predicted molar refractivity (Wildman–Crippen MR) is 164 cm³/mol. The van der Waals surface area contributed by atoms with Gasteiger partial charge in [0.1, 0.15) is 35.8 Å². The van der Waals surface area contributed by atoms with E-state index in [2.05, 4.69) is 31.2 Å². The van der Waals surface area contributed by atoms with Crippen LogP contribution in [0.1, 0.15) is 40.5 Å². The van der Waals surface area contributed by atoms with Crippen molar-refractivity contribution in [3.05, 3.63) is 47.5 Å². The number of aromatic nitrogens is 2. The summed E-state index contributed by atoms with van der Waals surface area (Å²) < 4.78 is 20.1. The highest BCUT2D eigenvalue weighted by atomic mass is 35.5. The van der Waals surface area contributed by atoms with E-state index in [1.807, 2.05) is 20.8 Å². The lowest BCUT2D eigenvalue weighted by Crippen LogP contribution is -2.59. The molecule has 3 aromatic rings. The average molecular weight is 614 g/mol. The summed E-state index contributed by atoms with van der Waals surface area (Å²) in [5.74, 6) is -0.931. The largest absolute Gasteiger partial charge is 0.494 e. The molecule has 43 heavy (non-hydrogen) atoms. The fourth-order valence-electron chi connectivity index (χ4n) is 4.90. The quantitative estimate of drug-likeness (QED) is 0.281. The molecule has 1 aliphatic rings. The molecular formula is C30H37ClFN7O4. The van der Waals surface area contributed by atoms with Gasteiger partial charge in [-0.25, -0.2) is 14.4 Å². The Kier molecular flexibility index (Phi) is 9.71. The van der Waals surface area contributed by atoms with E-state index in [0.29, 0.717) is 47.5 Å². The van der Waals surface area contributed by atoms with Crippen molar-refractivity contribution >= 4 is 57.4 Å². The van der Waals surface area contributed by atoms with E-state index >= 15 is 0 Å². The Morgan fingerprint density at radius 2 is 1.88 bits per heavy atom. The molecule has 230 valence electrons. The SMILES string of the molecule is CNC(C)C(=O)NC(C(=O)N1CCCC1C(=O)Nc1cc2c(Nc3ccc(Cl)cc3F)ncnc2cc1OC)C(C)(C)C. The zero-order chi connectivity index (χ0) is 31.5. The second-order valence-corrected chi connectivity index (χ2v) is 12.0. The lowest BCUT2D eigenvalue weighted by Gasteiger charge is -2.36. The van der Waals surface area contributed by atoms with Crippen LogP contribution < -0.4 is 26.0 Å². The minimum Gasteiger partial charge on any atom is -0.494 e. The lowest BCUT2D eigenvalue weighted by molar-refractivity contribution is -0.143. The topological polar surface area (TPSA) is 138 Å². The highest BCUT2D eigenvalue weighted by Gasteiger charge is 2.42. The number of carbonyl (C=O) groups is 3. The molecule has 0 saturated carbocycles. The highest BCUT2D eigenvalue weighted by Crippen LogP contribution is 2.35. The maximum absolute atomic E-state index is 14.5. The number of rotatable bonds is 9. The second kappa shape index (κ2) is 13.1. The smallest absolute Gasteiger partial charge is 0.247 e. The first kappa shape index (κ1) is 31.9. The van der Waals surface area contributed by atoms with Crippen molar-refractivity contribution in [2.24, 2.45) is 5.41 Å². The number of likely N-dealkylation sites (tertiary alicyclic amines) is 1. The number of halogens is 2. The summed E-state index contributed by atoms with van der Waals surface area (Å²) in [6.45, 7) is 7.70. The number of ether oxygens (including phenoxy) is 1. The Hall–Kier alpha value is -4.03. The number of benzene rings is 2. The third-order valence-electron chi connectivity index (χ3n) is 7.46. The Balaban J connectivity index is 1.61. The number of nitrogens with one attached hydrogen (secondary N) is 4. The molecule has 2 heterocycles. The van der Waals surface area contributed by atoms with Crippen LogP contribution in [0.3, 0.4) is 0 Å². The van der Waals surface area contributed by atoms with Crippen molar-refractivity contribution in [3.8, 4) is 5.75 Å². The molecule has 0 bridgehead atoms. The number of hydrogen-bond acceptors (Lipinski definition) is 8. The van der Waals surface area contributed by atoms with Crippen LogP contribution in [0, 0.1) is 11.2 Å². The number of anilines is 3. The first-order valence-corrected chi connectivity index (χ1v) is 14.4. The normalized spacial score (nSPS) is 16.5. The minimum absolute atomic E-state index is 0.163. The van der Waals surface area contributed by atoms with Gasteiger partial charge < -0.3 is 30.9 Å². The molecule has 3 atom stereocenters. The van der Waals surface area contributed by atoms with Crippen molar-refractivity contribution in [1.29, 1.82) is 0 Å².